The summed E-state index contributed by atoms with van der Waals surface area (Å²) in [5, 5.41) is 0. The molecule has 2 aliphatic carbocycles. The minimum absolute atomic E-state index is 0.180. The molecule has 2 aliphatic rings. The van der Waals surface area contributed by atoms with Crippen LogP contribution in [0.5, 0.6) is 0 Å². The highest BCUT2D eigenvalue weighted by molar-refractivity contribution is 5.23. The second-order valence-electron chi connectivity index (χ2n) is 9.48. The normalized spacial score (nSPS) is 28.4. The molecule has 0 N–H and O–H groups in total. The number of hydrogen-bond donors (Lipinski definition) is 0. The predicted molar refractivity (Wildman–Crippen MR) is 110 cm³/mol. The van der Waals surface area contributed by atoms with E-state index in [-0.39, 0.29) is 5.92 Å². The van der Waals surface area contributed by atoms with Gasteiger partial charge >= 0.3 is 0 Å². The zero-order valence-corrected chi connectivity index (χ0v) is 17.5. The molecule has 28 heavy (non-hydrogen) atoms. The van der Waals surface area contributed by atoms with E-state index >= 15 is 0 Å². The van der Waals surface area contributed by atoms with Crippen molar-refractivity contribution in [2.45, 2.75) is 103 Å². The lowest BCUT2D eigenvalue weighted by Crippen LogP contribution is -2.18. The summed E-state index contributed by atoms with van der Waals surface area (Å²) in [5.41, 5.74) is 0.635. The summed E-state index contributed by atoms with van der Waals surface area (Å²) < 4.78 is 40.2. The summed E-state index contributed by atoms with van der Waals surface area (Å²) in [6.45, 7) is 2.28. The van der Waals surface area contributed by atoms with Gasteiger partial charge in [0.25, 0.3) is 0 Å². The molecule has 0 heterocycles. The Morgan fingerprint density at radius 1 is 0.679 bits per heavy atom. The van der Waals surface area contributed by atoms with Gasteiger partial charge in [-0.15, -0.1) is 0 Å². The summed E-state index contributed by atoms with van der Waals surface area (Å²) in [6, 6.07) is 2.39. The van der Waals surface area contributed by atoms with Gasteiger partial charge in [-0.1, -0.05) is 71.1 Å². The average Bonchev–Trinajstić information content (AvgIpc) is 2.71. The molecular formula is C25H37F3. The molecule has 0 bridgehead atoms. The maximum atomic E-state index is 13.5. The van der Waals surface area contributed by atoms with Crippen molar-refractivity contribution < 1.29 is 13.2 Å². The van der Waals surface area contributed by atoms with Crippen LogP contribution in [0.1, 0.15) is 108 Å². The van der Waals surface area contributed by atoms with E-state index < -0.39 is 17.5 Å². The van der Waals surface area contributed by atoms with Crippen molar-refractivity contribution in [1.82, 2.24) is 0 Å². The van der Waals surface area contributed by atoms with Crippen molar-refractivity contribution in [2.24, 2.45) is 17.8 Å². The van der Waals surface area contributed by atoms with E-state index in [1.54, 1.807) is 0 Å². The molecular weight excluding hydrogens is 357 g/mol. The zero-order chi connectivity index (χ0) is 19.9. The molecule has 0 unspecified atom stereocenters. The molecule has 158 valence electrons. The van der Waals surface area contributed by atoms with Crippen molar-refractivity contribution in [3.05, 3.63) is 35.1 Å². The van der Waals surface area contributed by atoms with E-state index in [4.69, 9.17) is 0 Å². The highest BCUT2D eigenvalue weighted by atomic mass is 19.2. The van der Waals surface area contributed by atoms with Crippen molar-refractivity contribution in [1.29, 1.82) is 0 Å². The number of rotatable bonds is 8. The lowest BCUT2D eigenvalue weighted by atomic mass is 9.74. The number of hydrogen-bond acceptors (Lipinski definition) is 0. The summed E-state index contributed by atoms with van der Waals surface area (Å²) in [5.74, 6) is -0.620. The van der Waals surface area contributed by atoms with Gasteiger partial charge in [0.15, 0.2) is 17.5 Å². The lowest BCUT2D eigenvalue weighted by molar-refractivity contribution is 0.222. The lowest BCUT2D eigenvalue weighted by Gasteiger charge is -2.32. The van der Waals surface area contributed by atoms with Crippen molar-refractivity contribution in [3.8, 4) is 0 Å². The van der Waals surface area contributed by atoms with Gasteiger partial charge in [0, 0.05) is 0 Å². The van der Waals surface area contributed by atoms with Gasteiger partial charge in [-0.3, -0.25) is 0 Å². The fourth-order valence-electron chi connectivity index (χ4n) is 5.56. The molecule has 0 aromatic heterocycles. The van der Waals surface area contributed by atoms with Crippen LogP contribution < -0.4 is 0 Å². The topological polar surface area (TPSA) is 0 Å². The Morgan fingerprint density at radius 2 is 1.14 bits per heavy atom. The largest absolute Gasteiger partial charge is 0.204 e. The quantitative estimate of drug-likeness (QED) is 0.306. The Kier molecular flexibility index (Phi) is 8.29. The second kappa shape index (κ2) is 10.7. The Balaban J connectivity index is 1.35. The molecule has 0 amide bonds. The Morgan fingerprint density at radius 3 is 1.64 bits per heavy atom. The third-order valence-corrected chi connectivity index (χ3v) is 7.49. The van der Waals surface area contributed by atoms with Crippen molar-refractivity contribution in [3.63, 3.8) is 0 Å². The van der Waals surface area contributed by atoms with E-state index in [9.17, 15) is 13.2 Å². The smallest absolute Gasteiger partial charge is 0.194 e. The predicted octanol–water partition coefficient (Wildman–Crippen LogP) is 8.54. The zero-order valence-electron chi connectivity index (χ0n) is 17.5. The Bertz CT molecular complexity index is 573. The SMILES string of the molecule is CCCCCC1CCC(CCC2CCC(c3cc(F)c(F)c(F)c3)CC2)CC1. The van der Waals surface area contributed by atoms with Crippen molar-refractivity contribution >= 4 is 0 Å². The van der Waals surface area contributed by atoms with Gasteiger partial charge in [0.1, 0.15) is 0 Å². The van der Waals surface area contributed by atoms with Gasteiger partial charge in [-0.2, -0.15) is 0 Å². The second-order valence-corrected chi connectivity index (χ2v) is 9.48. The number of unbranched alkanes of at least 4 members (excludes halogenated alkanes) is 2. The van der Waals surface area contributed by atoms with Gasteiger partial charge < -0.3 is 0 Å². The molecule has 2 saturated carbocycles. The molecule has 2 fully saturated rings. The van der Waals surface area contributed by atoms with Crippen LogP contribution in [0.25, 0.3) is 0 Å². The molecule has 0 aliphatic heterocycles. The average molecular weight is 395 g/mol. The monoisotopic (exact) mass is 394 g/mol. The van der Waals surface area contributed by atoms with Gasteiger partial charge in [0.05, 0.1) is 0 Å². The first-order chi connectivity index (χ1) is 13.6. The molecule has 0 saturated heterocycles. The van der Waals surface area contributed by atoms with E-state index in [1.807, 2.05) is 0 Å². The highest BCUT2D eigenvalue weighted by Crippen LogP contribution is 2.40. The standard InChI is InChI=1S/C25H37F3/c1-2-3-4-5-18-6-8-19(9-7-18)10-11-20-12-14-21(15-13-20)22-16-23(26)25(28)24(27)17-22/h16-21H,2-15H2,1H3. The summed E-state index contributed by atoms with van der Waals surface area (Å²) in [6.07, 6.45) is 18.1. The third-order valence-electron chi connectivity index (χ3n) is 7.49. The van der Waals surface area contributed by atoms with Crippen LogP contribution in [0.15, 0.2) is 12.1 Å². The fourth-order valence-corrected chi connectivity index (χ4v) is 5.56. The van der Waals surface area contributed by atoms with Crippen LogP contribution in [0, 0.1) is 35.2 Å². The third kappa shape index (κ3) is 6.00. The van der Waals surface area contributed by atoms with Crippen LogP contribution in [-0.2, 0) is 0 Å². The summed E-state index contributed by atoms with van der Waals surface area (Å²) in [4.78, 5) is 0. The van der Waals surface area contributed by atoms with Crippen LogP contribution in [-0.4, -0.2) is 0 Å². The maximum Gasteiger partial charge on any atom is 0.194 e. The van der Waals surface area contributed by atoms with Gasteiger partial charge in [-0.25, -0.2) is 13.2 Å². The van der Waals surface area contributed by atoms with E-state index in [0.717, 1.165) is 43.4 Å². The minimum atomic E-state index is -1.35. The first kappa shape index (κ1) is 21.7. The van der Waals surface area contributed by atoms with E-state index in [2.05, 4.69) is 6.92 Å². The first-order valence-corrected chi connectivity index (χ1v) is 11.7. The molecule has 0 nitrogen and oxygen atoms in total. The Labute approximate surface area is 169 Å². The van der Waals surface area contributed by atoms with Crippen LogP contribution in [0.3, 0.4) is 0 Å². The Hall–Kier alpha value is -0.990. The molecule has 3 rings (SSSR count). The van der Waals surface area contributed by atoms with Gasteiger partial charge in [-0.05, 0) is 67.1 Å². The molecule has 0 atom stereocenters. The first-order valence-electron chi connectivity index (χ1n) is 11.7. The van der Waals surface area contributed by atoms with Crippen LogP contribution in [0.2, 0.25) is 0 Å². The van der Waals surface area contributed by atoms with E-state index in [0.29, 0.717) is 5.56 Å². The fraction of sp³-hybridized carbons (Fsp3) is 0.760. The molecule has 3 heteroatoms. The van der Waals surface area contributed by atoms with Crippen LogP contribution in [0.4, 0.5) is 13.2 Å². The number of benzene rings is 1. The van der Waals surface area contributed by atoms with Crippen LogP contribution >= 0.6 is 0 Å². The number of halogens is 3. The minimum Gasteiger partial charge on any atom is -0.204 e. The summed E-state index contributed by atoms with van der Waals surface area (Å²) in [7, 11) is 0. The molecule has 1 aromatic carbocycles. The highest BCUT2D eigenvalue weighted by Gasteiger charge is 2.26. The molecule has 0 radical (unpaired) electrons. The molecule has 0 spiro atoms. The molecule has 1 aromatic rings. The summed E-state index contributed by atoms with van der Waals surface area (Å²) >= 11 is 0. The van der Waals surface area contributed by atoms with E-state index in [1.165, 1.54) is 76.3 Å². The van der Waals surface area contributed by atoms with Crippen molar-refractivity contribution in [2.75, 3.05) is 0 Å². The maximum absolute atomic E-state index is 13.5. The van der Waals surface area contributed by atoms with Gasteiger partial charge in [0.2, 0.25) is 0 Å².